The second-order valence-electron chi connectivity index (χ2n) is 13.8. The lowest BCUT2D eigenvalue weighted by molar-refractivity contribution is 0.554. The molecule has 236 valence electrons. The van der Waals surface area contributed by atoms with Crippen LogP contribution in [0.15, 0.2) is 146 Å². The van der Waals surface area contributed by atoms with E-state index in [0.29, 0.717) is 0 Å². The summed E-state index contributed by atoms with van der Waals surface area (Å²) in [6.07, 6.45) is -0.305. The Morgan fingerprint density at radius 1 is 0.392 bits per heavy atom. The van der Waals surface area contributed by atoms with Crippen molar-refractivity contribution in [3.05, 3.63) is 146 Å². The zero-order valence-corrected chi connectivity index (χ0v) is 27.2. The molecule has 2 aliphatic heterocycles. The summed E-state index contributed by atoms with van der Waals surface area (Å²) in [5.74, 6) is 1.72. The Morgan fingerprint density at radius 2 is 0.784 bits per heavy atom. The van der Waals surface area contributed by atoms with Gasteiger partial charge in [-0.1, -0.05) is 146 Å². The molecule has 1 unspecified atom stereocenters. The first-order chi connectivity index (χ1) is 25.3. The second-order valence-corrected chi connectivity index (χ2v) is 13.8. The first kappa shape index (κ1) is 26.0. The van der Waals surface area contributed by atoms with E-state index in [1.54, 1.807) is 0 Å². The van der Waals surface area contributed by atoms with Gasteiger partial charge in [0.25, 0.3) is 0 Å². The molecule has 13 rings (SSSR count). The summed E-state index contributed by atoms with van der Waals surface area (Å²) in [6.45, 7) is 0. The van der Waals surface area contributed by atoms with Crippen molar-refractivity contribution < 1.29 is 0 Å². The van der Waals surface area contributed by atoms with E-state index in [-0.39, 0.29) is 6.29 Å². The molecule has 0 spiro atoms. The zero-order valence-electron chi connectivity index (χ0n) is 27.2. The fourth-order valence-electron chi connectivity index (χ4n) is 9.37. The number of rotatable bonds is 0. The first-order valence-corrected chi connectivity index (χ1v) is 17.5. The highest BCUT2D eigenvalue weighted by Crippen LogP contribution is 2.56. The smallest absolute Gasteiger partial charge is 0.221 e. The van der Waals surface area contributed by atoms with Gasteiger partial charge < -0.3 is 5.32 Å². The highest BCUT2D eigenvalue weighted by molar-refractivity contribution is 6.27. The number of anilines is 3. The molecule has 1 N–H and O–H groups in total. The largest absolute Gasteiger partial charge is 0.345 e. The monoisotopic (exact) mass is 650 g/mol. The Kier molecular flexibility index (Phi) is 4.59. The highest BCUT2D eigenvalue weighted by Gasteiger charge is 2.44. The van der Waals surface area contributed by atoms with Gasteiger partial charge in [0.15, 0.2) is 6.29 Å². The van der Waals surface area contributed by atoms with E-state index < -0.39 is 0 Å². The number of hydrogen-bond donors (Lipinski definition) is 1. The van der Waals surface area contributed by atoms with Crippen LogP contribution in [-0.2, 0) is 0 Å². The van der Waals surface area contributed by atoms with Crippen molar-refractivity contribution in [3.8, 4) is 5.95 Å². The molecule has 4 heterocycles. The minimum atomic E-state index is -0.305. The normalized spacial score (nSPS) is 15.0. The van der Waals surface area contributed by atoms with Gasteiger partial charge in [-0.15, -0.1) is 0 Å². The van der Waals surface area contributed by atoms with Crippen molar-refractivity contribution in [1.29, 1.82) is 0 Å². The molecular formula is C45H26N6. The summed E-state index contributed by atoms with van der Waals surface area (Å²) >= 11 is 0. The number of fused-ring (bicyclic) bond motifs is 27. The molecule has 0 aliphatic carbocycles. The molecule has 0 bridgehead atoms. The van der Waals surface area contributed by atoms with Crippen molar-refractivity contribution in [2.24, 2.45) is 0 Å². The summed E-state index contributed by atoms with van der Waals surface area (Å²) in [6, 6.07) is 52.5. The van der Waals surface area contributed by atoms with Crippen molar-refractivity contribution in [1.82, 2.24) is 19.1 Å². The van der Waals surface area contributed by atoms with Crippen LogP contribution in [0.25, 0.3) is 92.6 Å². The van der Waals surface area contributed by atoms with E-state index in [9.17, 15) is 0 Å². The molecule has 6 nitrogen and oxygen atoms in total. The van der Waals surface area contributed by atoms with Crippen molar-refractivity contribution in [2.45, 2.75) is 6.29 Å². The minimum absolute atomic E-state index is 0.305. The molecule has 2 aliphatic rings. The number of nitrogens with zero attached hydrogens (tertiary/aromatic N) is 5. The predicted molar refractivity (Wildman–Crippen MR) is 211 cm³/mol. The van der Waals surface area contributed by atoms with Gasteiger partial charge >= 0.3 is 0 Å². The Hall–Kier alpha value is -6.92. The van der Waals surface area contributed by atoms with E-state index >= 15 is 0 Å². The lowest BCUT2D eigenvalue weighted by Gasteiger charge is -2.33. The SMILES string of the molecule is c1ccc2c(c1)c1c(c3ccccc32)N2c3nc4c5ccccc5c5ccccc5c4n3-c3nc4c5ccccc5c5ccccc5c4n3C2N1. The average Bonchev–Trinajstić information content (AvgIpc) is 3.91. The number of nitrogens with one attached hydrogen (secondary N) is 1. The molecule has 2 aromatic heterocycles. The Balaban J connectivity index is 1.30. The molecule has 0 amide bonds. The Bertz CT molecular complexity index is 3370. The summed E-state index contributed by atoms with van der Waals surface area (Å²) in [7, 11) is 0. The van der Waals surface area contributed by atoms with Crippen LogP contribution in [0.4, 0.5) is 17.3 Å². The minimum Gasteiger partial charge on any atom is -0.345 e. The quantitative estimate of drug-likeness (QED) is 0.166. The van der Waals surface area contributed by atoms with Crippen LogP contribution in [0.3, 0.4) is 0 Å². The Morgan fingerprint density at radius 3 is 1.37 bits per heavy atom. The lowest BCUT2D eigenvalue weighted by atomic mass is 9.98. The number of hydrogen-bond acceptors (Lipinski definition) is 4. The maximum Gasteiger partial charge on any atom is 0.221 e. The molecule has 6 heteroatoms. The van der Waals surface area contributed by atoms with Crippen molar-refractivity contribution >= 4 is 104 Å². The molecule has 0 saturated carbocycles. The summed E-state index contributed by atoms with van der Waals surface area (Å²) in [5, 5.41) is 18.4. The van der Waals surface area contributed by atoms with E-state index in [0.717, 1.165) is 61.5 Å². The van der Waals surface area contributed by atoms with Gasteiger partial charge in [-0.3, -0.25) is 9.47 Å². The van der Waals surface area contributed by atoms with E-state index in [4.69, 9.17) is 9.97 Å². The van der Waals surface area contributed by atoms with Crippen molar-refractivity contribution in [3.63, 3.8) is 0 Å². The molecular weight excluding hydrogens is 625 g/mol. The molecule has 1 atom stereocenters. The summed E-state index contributed by atoms with van der Waals surface area (Å²) in [5.41, 5.74) is 6.40. The van der Waals surface area contributed by atoms with Crippen LogP contribution in [0.2, 0.25) is 0 Å². The van der Waals surface area contributed by atoms with Crippen molar-refractivity contribution in [2.75, 3.05) is 10.2 Å². The topological polar surface area (TPSA) is 50.9 Å². The van der Waals surface area contributed by atoms with Crippen LogP contribution >= 0.6 is 0 Å². The third-order valence-electron chi connectivity index (χ3n) is 11.4. The van der Waals surface area contributed by atoms with Gasteiger partial charge in [-0.25, -0.2) is 14.5 Å². The Labute approximate surface area is 290 Å². The van der Waals surface area contributed by atoms with Gasteiger partial charge in [0.05, 0.1) is 33.4 Å². The van der Waals surface area contributed by atoms with Crippen LogP contribution in [0.1, 0.15) is 6.29 Å². The molecule has 9 aromatic carbocycles. The van der Waals surface area contributed by atoms with Crippen LogP contribution in [0, 0.1) is 0 Å². The van der Waals surface area contributed by atoms with Crippen LogP contribution in [0.5, 0.6) is 0 Å². The standard InChI is InChI=1S/C45H26N6/c1-7-19-31-25(13-1)28-16-4-10-22-34(28)40-37(31)46-43-49(40)44-47-39-33-21-9-3-15-27(33)30-18-6-12-24-36(30)42(39)51(44)45-48-38-32-20-8-2-14-26(32)29-17-5-11-23-35(29)41(38)50(43)45/h1-24,43,46H. The average molecular weight is 651 g/mol. The highest BCUT2D eigenvalue weighted by atomic mass is 15.6. The summed E-state index contributed by atoms with van der Waals surface area (Å²) < 4.78 is 4.77. The van der Waals surface area contributed by atoms with Gasteiger partial charge in [0.1, 0.15) is 0 Å². The molecule has 51 heavy (non-hydrogen) atoms. The second kappa shape index (κ2) is 9.00. The van der Waals surface area contributed by atoms with Crippen LogP contribution < -0.4 is 10.2 Å². The predicted octanol–water partition coefficient (Wildman–Crippen LogP) is 11.3. The first-order valence-electron chi connectivity index (χ1n) is 17.5. The molecule has 11 aromatic rings. The van der Waals surface area contributed by atoms with E-state index in [1.807, 2.05) is 0 Å². The lowest BCUT2D eigenvalue weighted by Crippen LogP contribution is -2.36. The third-order valence-corrected chi connectivity index (χ3v) is 11.4. The molecule has 0 fully saturated rings. The van der Waals surface area contributed by atoms with Crippen LogP contribution in [-0.4, -0.2) is 19.1 Å². The van der Waals surface area contributed by atoms with Gasteiger partial charge in [0, 0.05) is 32.3 Å². The van der Waals surface area contributed by atoms with E-state index in [1.165, 1.54) is 48.5 Å². The molecule has 0 radical (unpaired) electrons. The van der Waals surface area contributed by atoms with Gasteiger partial charge in [-0.2, -0.15) is 0 Å². The van der Waals surface area contributed by atoms with Gasteiger partial charge in [-0.05, 0) is 32.3 Å². The van der Waals surface area contributed by atoms with E-state index in [2.05, 4.69) is 165 Å². The maximum atomic E-state index is 5.65. The number of imidazole rings is 2. The maximum absolute atomic E-state index is 5.65. The number of benzene rings is 9. The van der Waals surface area contributed by atoms with Gasteiger partial charge in [0.2, 0.25) is 11.9 Å². The number of aromatic nitrogens is 4. The fraction of sp³-hybridized carbons (Fsp3) is 0.0222. The fourth-order valence-corrected chi connectivity index (χ4v) is 9.37. The molecule has 0 saturated heterocycles. The third kappa shape index (κ3) is 3.02. The zero-order chi connectivity index (χ0) is 32.9. The summed E-state index contributed by atoms with van der Waals surface area (Å²) in [4.78, 5) is 13.7.